The average Bonchev–Trinajstić information content (AvgIpc) is 3.61. The number of pyridine rings is 1. The third kappa shape index (κ3) is 5.58. The lowest BCUT2D eigenvalue weighted by atomic mass is 9.98. The number of ether oxygens (including phenoxy) is 1. The van der Waals surface area contributed by atoms with Crippen LogP contribution in [0.2, 0.25) is 0 Å². The van der Waals surface area contributed by atoms with Crippen LogP contribution in [0, 0.1) is 12.8 Å². The molecule has 0 unspecified atom stereocenters. The largest absolute Gasteiger partial charge is 0.378 e. The van der Waals surface area contributed by atoms with Gasteiger partial charge in [-0.1, -0.05) is 19.4 Å². The molecule has 2 fully saturated rings. The lowest BCUT2D eigenvalue weighted by Crippen LogP contribution is -2.36. The predicted octanol–water partition coefficient (Wildman–Crippen LogP) is 5.42. The molecule has 1 atom stereocenters. The summed E-state index contributed by atoms with van der Waals surface area (Å²) >= 11 is 0. The van der Waals surface area contributed by atoms with Crippen LogP contribution in [0.5, 0.6) is 0 Å². The first kappa shape index (κ1) is 25.1. The van der Waals surface area contributed by atoms with E-state index in [1.54, 1.807) is 0 Å². The van der Waals surface area contributed by atoms with E-state index in [1.807, 2.05) is 42.2 Å². The molecule has 3 aromatic rings. The van der Waals surface area contributed by atoms with Crippen LogP contribution in [0.25, 0.3) is 22.4 Å². The quantitative estimate of drug-likeness (QED) is 0.480. The van der Waals surface area contributed by atoms with E-state index in [4.69, 9.17) is 9.72 Å². The molecule has 8 nitrogen and oxygen atoms in total. The first-order valence-electron chi connectivity index (χ1n) is 12.8. The molecular weight excluding hydrogens is 478 g/mol. The fourth-order valence-corrected chi connectivity index (χ4v) is 4.91. The van der Waals surface area contributed by atoms with E-state index >= 15 is 0 Å². The van der Waals surface area contributed by atoms with Crippen LogP contribution < -0.4 is 10.2 Å². The highest BCUT2D eigenvalue weighted by molar-refractivity contribution is 5.91. The molecule has 37 heavy (non-hydrogen) atoms. The molecule has 2 aromatic heterocycles. The molecule has 2 aliphatic heterocycles. The minimum atomic E-state index is -2.72. The summed E-state index contributed by atoms with van der Waals surface area (Å²) in [5.41, 5.74) is 4.63. The van der Waals surface area contributed by atoms with E-state index < -0.39 is 6.55 Å². The highest BCUT2D eigenvalue weighted by Crippen LogP contribution is 2.33. The zero-order chi connectivity index (χ0) is 25.9. The third-order valence-corrected chi connectivity index (χ3v) is 7.19. The minimum Gasteiger partial charge on any atom is -0.378 e. The van der Waals surface area contributed by atoms with Crippen LogP contribution in [-0.4, -0.2) is 65.1 Å². The Labute approximate surface area is 215 Å². The molecule has 1 aromatic carbocycles. The zero-order valence-corrected chi connectivity index (χ0v) is 21.2. The second-order valence-corrected chi connectivity index (χ2v) is 9.65. The summed E-state index contributed by atoms with van der Waals surface area (Å²) < 4.78 is 32.5. The van der Waals surface area contributed by atoms with E-state index in [2.05, 4.69) is 22.2 Å². The summed E-state index contributed by atoms with van der Waals surface area (Å²) in [7, 11) is 0. The normalized spacial score (nSPS) is 18.0. The van der Waals surface area contributed by atoms with Gasteiger partial charge in [-0.2, -0.15) is 13.9 Å². The maximum absolute atomic E-state index is 13.2. The number of anilines is 2. The molecule has 0 aliphatic carbocycles. The summed E-state index contributed by atoms with van der Waals surface area (Å²) in [4.78, 5) is 21.7. The predicted molar refractivity (Wildman–Crippen MR) is 139 cm³/mol. The van der Waals surface area contributed by atoms with Crippen LogP contribution in [0.15, 0.2) is 42.7 Å². The highest BCUT2D eigenvalue weighted by Gasteiger charge is 2.25. The smallest absolute Gasteiger partial charge is 0.333 e. The van der Waals surface area contributed by atoms with E-state index in [-0.39, 0.29) is 6.03 Å². The van der Waals surface area contributed by atoms with Gasteiger partial charge in [-0.15, -0.1) is 0 Å². The number of nitrogens with one attached hydrogen (secondary N) is 1. The Morgan fingerprint density at radius 2 is 1.97 bits per heavy atom. The summed E-state index contributed by atoms with van der Waals surface area (Å²) in [5.74, 6) is 1.31. The third-order valence-electron chi connectivity index (χ3n) is 7.19. The van der Waals surface area contributed by atoms with Gasteiger partial charge in [-0.05, 0) is 60.2 Å². The second-order valence-electron chi connectivity index (χ2n) is 9.65. The maximum atomic E-state index is 13.2. The topological polar surface area (TPSA) is 75.5 Å². The van der Waals surface area contributed by atoms with Gasteiger partial charge in [-0.3, -0.25) is 0 Å². The summed E-state index contributed by atoms with van der Waals surface area (Å²) in [6.07, 6.45) is 4.83. The molecular formula is C27H32F2N6O2. The van der Waals surface area contributed by atoms with Gasteiger partial charge in [0.1, 0.15) is 5.82 Å². The highest BCUT2D eigenvalue weighted by atomic mass is 19.3. The summed E-state index contributed by atoms with van der Waals surface area (Å²) in [6, 6.07) is 9.65. The average molecular weight is 511 g/mol. The van der Waals surface area contributed by atoms with Crippen molar-refractivity contribution in [3.8, 4) is 22.4 Å². The monoisotopic (exact) mass is 510 g/mol. The van der Waals surface area contributed by atoms with Crippen molar-refractivity contribution in [1.82, 2.24) is 19.7 Å². The summed E-state index contributed by atoms with van der Waals surface area (Å²) in [5, 5.41) is 6.84. The number of hydrogen-bond donors (Lipinski definition) is 1. The molecule has 5 rings (SSSR count). The van der Waals surface area contributed by atoms with Gasteiger partial charge in [0.05, 0.1) is 25.1 Å². The van der Waals surface area contributed by atoms with Gasteiger partial charge < -0.3 is 19.9 Å². The number of rotatable bonds is 6. The number of aromatic nitrogens is 3. The van der Waals surface area contributed by atoms with Crippen molar-refractivity contribution in [2.45, 2.75) is 33.2 Å². The summed E-state index contributed by atoms with van der Waals surface area (Å²) in [6.45, 7) is 5.57. The van der Waals surface area contributed by atoms with Crippen LogP contribution in [-0.2, 0) is 4.74 Å². The SMILES string of the molecule is CC[C@@H]1CCN(C(=O)Nc2ccc(C)c(-c3cc(-c4cnn(C(F)F)c4)nc(N4CCOCC4)c3)c2)C1. The van der Waals surface area contributed by atoms with E-state index in [1.165, 1.54) is 12.4 Å². The minimum absolute atomic E-state index is 0.0883. The van der Waals surface area contributed by atoms with Crippen molar-refractivity contribution in [2.24, 2.45) is 5.92 Å². The Hall–Kier alpha value is -3.53. The number of morpholine rings is 1. The van der Waals surface area contributed by atoms with Crippen LogP contribution in [0.1, 0.15) is 31.9 Å². The van der Waals surface area contributed by atoms with Crippen molar-refractivity contribution >= 4 is 17.5 Å². The van der Waals surface area contributed by atoms with E-state index in [0.29, 0.717) is 53.8 Å². The number of hydrogen-bond acceptors (Lipinski definition) is 5. The standard InChI is InChI=1S/C27H32F2N6O2/c1-3-19-6-7-34(16-19)27(36)31-22-5-4-18(2)23(14-22)20-12-24(21-15-30-35(17-21)26(28)29)32-25(13-20)33-8-10-37-11-9-33/h4-5,12-15,17,19,26H,3,6-11,16H2,1-2H3,(H,31,36)/t19-/m1/s1. The lowest BCUT2D eigenvalue weighted by molar-refractivity contribution is 0.0566. The van der Waals surface area contributed by atoms with Gasteiger partial charge in [0.15, 0.2) is 0 Å². The number of carbonyl (C=O) groups excluding carboxylic acids is 1. The fraction of sp³-hybridized carbons (Fsp3) is 0.444. The van der Waals surface area contributed by atoms with Crippen molar-refractivity contribution < 1.29 is 18.3 Å². The van der Waals surface area contributed by atoms with Gasteiger partial charge in [0, 0.05) is 43.6 Å². The number of benzene rings is 1. The van der Waals surface area contributed by atoms with Gasteiger partial charge >= 0.3 is 12.6 Å². The van der Waals surface area contributed by atoms with Crippen LogP contribution in [0.4, 0.5) is 25.1 Å². The van der Waals surface area contributed by atoms with Crippen molar-refractivity contribution in [3.05, 3.63) is 48.3 Å². The number of likely N-dealkylation sites (tertiary alicyclic amines) is 1. The van der Waals surface area contributed by atoms with Crippen LogP contribution in [0.3, 0.4) is 0 Å². The van der Waals surface area contributed by atoms with Gasteiger partial charge in [0.2, 0.25) is 0 Å². The Morgan fingerprint density at radius 1 is 1.16 bits per heavy atom. The molecule has 4 heterocycles. The molecule has 2 aliphatic rings. The molecule has 196 valence electrons. The van der Waals surface area contributed by atoms with E-state index in [9.17, 15) is 13.6 Å². The second kappa shape index (κ2) is 10.8. The van der Waals surface area contributed by atoms with Crippen LogP contribution >= 0.6 is 0 Å². The Balaban J connectivity index is 1.48. The molecule has 0 saturated carbocycles. The van der Waals surface area contributed by atoms with Gasteiger partial charge in [-0.25, -0.2) is 14.5 Å². The molecule has 2 saturated heterocycles. The lowest BCUT2D eigenvalue weighted by Gasteiger charge is -2.28. The fourth-order valence-electron chi connectivity index (χ4n) is 4.91. The van der Waals surface area contributed by atoms with Gasteiger partial charge in [0.25, 0.3) is 0 Å². The van der Waals surface area contributed by atoms with Crippen molar-refractivity contribution in [3.63, 3.8) is 0 Å². The Kier molecular flexibility index (Phi) is 7.36. The first-order valence-corrected chi connectivity index (χ1v) is 12.8. The number of nitrogens with zero attached hydrogens (tertiary/aromatic N) is 5. The van der Waals surface area contributed by atoms with E-state index in [0.717, 1.165) is 48.4 Å². The molecule has 10 heteroatoms. The Morgan fingerprint density at radius 3 is 2.68 bits per heavy atom. The number of alkyl halides is 2. The van der Waals surface area contributed by atoms with Crippen molar-refractivity contribution in [1.29, 1.82) is 0 Å². The first-order chi connectivity index (χ1) is 17.9. The number of halogens is 2. The molecule has 2 amide bonds. The number of amides is 2. The maximum Gasteiger partial charge on any atom is 0.333 e. The molecule has 0 bridgehead atoms. The number of urea groups is 1. The number of carbonyl (C=O) groups is 1. The molecule has 0 spiro atoms. The molecule has 0 radical (unpaired) electrons. The molecule has 1 N–H and O–H groups in total. The Bertz CT molecular complexity index is 1260. The number of aryl methyl sites for hydroxylation is 1. The van der Waals surface area contributed by atoms with Crippen molar-refractivity contribution in [2.75, 3.05) is 49.6 Å². The zero-order valence-electron chi connectivity index (χ0n) is 21.2.